The summed E-state index contributed by atoms with van der Waals surface area (Å²) in [6.45, 7) is 1.11. The zero-order valence-electron chi connectivity index (χ0n) is 18.9. The Balaban J connectivity index is 1.55. The van der Waals surface area contributed by atoms with Crippen LogP contribution in [0.1, 0.15) is 35.1 Å². The van der Waals surface area contributed by atoms with Crippen LogP contribution in [0.2, 0.25) is 0 Å². The molecule has 178 valence electrons. The van der Waals surface area contributed by atoms with Gasteiger partial charge in [0.15, 0.2) is 0 Å². The second-order valence-electron chi connectivity index (χ2n) is 9.16. The predicted molar refractivity (Wildman–Crippen MR) is 125 cm³/mol. The van der Waals surface area contributed by atoms with Crippen molar-refractivity contribution in [2.45, 2.75) is 18.3 Å². The second kappa shape index (κ2) is 7.42. The van der Waals surface area contributed by atoms with Gasteiger partial charge in [-0.25, -0.2) is 4.90 Å². The summed E-state index contributed by atoms with van der Waals surface area (Å²) in [4.78, 5) is 64.1. The molecule has 1 fully saturated rings. The summed E-state index contributed by atoms with van der Waals surface area (Å²) in [5.41, 5.74) is 1.10. The van der Waals surface area contributed by atoms with E-state index in [1.54, 1.807) is 12.1 Å². The minimum Gasteiger partial charge on any atom is -0.419 e. The first-order chi connectivity index (χ1) is 17.3. The maximum atomic E-state index is 14.0. The molecule has 2 amide bonds. The van der Waals surface area contributed by atoms with E-state index < -0.39 is 51.6 Å². The maximum Gasteiger partial charge on any atom is 0.313 e. The average Bonchev–Trinajstić information content (AvgIpc) is 3.14. The lowest BCUT2D eigenvalue weighted by Crippen LogP contribution is -2.54. The van der Waals surface area contributed by atoms with Crippen LogP contribution >= 0.6 is 0 Å². The van der Waals surface area contributed by atoms with Crippen molar-refractivity contribution in [1.82, 2.24) is 0 Å². The van der Waals surface area contributed by atoms with Crippen LogP contribution in [0.25, 0.3) is 0 Å². The summed E-state index contributed by atoms with van der Waals surface area (Å²) in [6.07, 6.45) is 0.763. The van der Waals surface area contributed by atoms with E-state index in [-0.39, 0.29) is 11.4 Å². The van der Waals surface area contributed by atoms with Gasteiger partial charge in [-0.05, 0) is 34.4 Å². The molecule has 0 radical (unpaired) electrons. The van der Waals surface area contributed by atoms with Gasteiger partial charge < -0.3 is 9.53 Å². The van der Waals surface area contributed by atoms with Crippen LogP contribution in [-0.2, 0) is 24.6 Å². The molecule has 4 aliphatic rings. The third-order valence-electron chi connectivity index (χ3n) is 7.52. The van der Waals surface area contributed by atoms with Crippen LogP contribution in [-0.4, -0.2) is 29.0 Å². The Hall–Kier alpha value is -4.66. The lowest BCUT2D eigenvalue weighted by molar-refractivity contribution is -0.385. The minimum atomic E-state index is -1.36. The van der Waals surface area contributed by atoms with Crippen molar-refractivity contribution in [3.8, 4) is 5.75 Å². The van der Waals surface area contributed by atoms with Gasteiger partial charge in [-0.3, -0.25) is 24.5 Å². The number of hydrogen-bond acceptors (Lipinski definition) is 7. The molecule has 7 rings (SSSR count). The van der Waals surface area contributed by atoms with Crippen LogP contribution < -0.4 is 9.64 Å². The van der Waals surface area contributed by atoms with Crippen LogP contribution in [0, 0.1) is 22.0 Å². The van der Waals surface area contributed by atoms with E-state index in [2.05, 4.69) is 0 Å². The molecule has 1 saturated heterocycles. The normalized spacial score (nSPS) is 25.1. The molecule has 3 aliphatic carbocycles. The summed E-state index contributed by atoms with van der Waals surface area (Å²) >= 11 is 0. The van der Waals surface area contributed by atoms with Crippen LogP contribution in [0.4, 0.5) is 11.4 Å². The third kappa shape index (κ3) is 2.59. The smallest absolute Gasteiger partial charge is 0.313 e. The fourth-order valence-electron chi connectivity index (χ4n) is 6.31. The molecule has 9 heteroatoms. The molecule has 2 bridgehead atoms. The van der Waals surface area contributed by atoms with Crippen molar-refractivity contribution in [3.05, 3.63) is 99.1 Å². The van der Waals surface area contributed by atoms with E-state index in [0.717, 1.165) is 35.3 Å². The molecule has 9 nitrogen and oxygen atoms in total. The predicted octanol–water partition coefficient (Wildman–Crippen LogP) is 3.27. The number of benzene rings is 3. The molecule has 1 heterocycles. The standard InChI is InChI=1S/C27H18N2O7/c1-14(31)36-21-11-10-15(12-20(21)29(34)35)28-25(32)23-22-16-6-2-4-8-18(16)27(13-30,24(23)26(28)33)19-9-5-3-7-17(19)22/h2-13,22-24H,1H3/t22?,23-,24-,27?/m1/s1. The van der Waals surface area contributed by atoms with Crippen molar-refractivity contribution in [2.24, 2.45) is 11.8 Å². The summed E-state index contributed by atoms with van der Waals surface area (Å²) in [5, 5.41) is 11.7. The number of carbonyl (C=O) groups is 4. The van der Waals surface area contributed by atoms with Crippen molar-refractivity contribution < 1.29 is 28.8 Å². The number of nitrogens with zero attached hydrogens (tertiary/aromatic N) is 2. The van der Waals surface area contributed by atoms with E-state index in [4.69, 9.17) is 4.74 Å². The molecule has 0 spiro atoms. The molecule has 0 saturated carbocycles. The second-order valence-corrected chi connectivity index (χ2v) is 9.16. The quantitative estimate of drug-likeness (QED) is 0.140. The molecule has 3 aromatic carbocycles. The van der Waals surface area contributed by atoms with Crippen molar-refractivity contribution in [2.75, 3.05) is 4.90 Å². The number of carbonyl (C=O) groups excluding carboxylic acids is 4. The molecular formula is C27H18N2O7. The highest BCUT2D eigenvalue weighted by molar-refractivity contribution is 6.25. The largest absolute Gasteiger partial charge is 0.419 e. The highest BCUT2D eigenvalue weighted by Crippen LogP contribution is 2.63. The first-order valence-corrected chi connectivity index (χ1v) is 11.3. The van der Waals surface area contributed by atoms with Crippen molar-refractivity contribution in [3.63, 3.8) is 0 Å². The van der Waals surface area contributed by atoms with Crippen LogP contribution in [0.5, 0.6) is 5.75 Å². The van der Waals surface area contributed by atoms with Gasteiger partial charge in [0.2, 0.25) is 17.6 Å². The molecular weight excluding hydrogens is 464 g/mol. The van der Waals surface area contributed by atoms with Crippen molar-refractivity contribution in [1.29, 1.82) is 0 Å². The number of aldehydes is 1. The molecule has 0 aromatic heterocycles. The Labute approximate surface area is 204 Å². The molecule has 0 unspecified atom stereocenters. The van der Waals surface area contributed by atoms with Crippen LogP contribution in [0.3, 0.4) is 0 Å². The zero-order chi connectivity index (χ0) is 25.4. The van der Waals surface area contributed by atoms with E-state index >= 15 is 0 Å². The van der Waals surface area contributed by atoms with Crippen molar-refractivity contribution >= 4 is 35.4 Å². The first-order valence-electron chi connectivity index (χ1n) is 11.3. The van der Waals surface area contributed by atoms with Gasteiger partial charge in [0, 0.05) is 18.9 Å². The van der Waals surface area contributed by atoms with Crippen LogP contribution in [0.15, 0.2) is 66.7 Å². The number of ether oxygens (including phenoxy) is 1. The summed E-state index contributed by atoms with van der Waals surface area (Å²) in [7, 11) is 0. The maximum absolute atomic E-state index is 14.0. The van der Waals surface area contributed by atoms with Gasteiger partial charge in [0.05, 0.1) is 27.9 Å². The Morgan fingerprint density at radius 3 is 2.17 bits per heavy atom. The Kier molecular flexibility index (Phi) is 4.50. The number of esters is 1. The molecule has 2 atom stereocenters. The fourth-order valence-corrected chi connectivity index (χ4v) is 6.31. The number of hydrogen-bond donors (Lipinski definition) is 0. The van der Waals surface area contributed by atoms with Gasteiger partial charge >= 0.3 is 11.7 Å². The molecule has 0 N–H and O–H groups in total. The molecule has 36 heavy (non-hydrogen) atoms. The minimum absolute atomic E-state index is 0.0180. The molecule has 1 aliphatic heterocycles. The molecule has 3 aromatic rings. The highest BCUT2D eigenvalue weighted by atomic mass is 16.6. The Bertz CT molecular complexity index is 1480. The topological polar surface area (TPSA) is 124 Å². The SMILES string of the molecule is CC(=O)Oc1ccc(N2C(=O)[C@@H]3C4c5ccccc5C(C=O)(c5ccccc54)[C@H]3C2=O)cc1[N+](=O)[O-]. The average molecular weight is 482 g/mol. The summed E-state index contributed by atoms with van der Waals surface area (Å²) in [5.74, 6) is -4.45. The number of amides is 2. The third-order valence-corrected chi connectivity index (χ3v) is 7.52. The summed E-state index contributed by atoms with van der Waals surface area (Å²) in [6, 6.07) is 18.2. The number of imide groups is 1. The fraction of sp³-hybridized carbons (Fsp3) is 0.185. The number of nitro groups is 1. The van der Waals surface area contributed by atoms with Gasteiger partial charge in [0.25, 0.3) is 0 Å². The number of rotatable bonds is 4. The number of nitro benzene ring substituents is 1. The first kappa shape index (κ1) is 21.8. The highest BCUT2D eigenvalue weighted by Gasteiger charge is 2.68. The lowest BCUT2D eigenvalue weighted by Gasteiger charge is -2.51. The zero-order valence-corrected chi connectivity index (χ0v) is 18.9. The van der Waals surface area contributed by atoms with E-state index in [9.17, 15) is 29.3 Å². The number of anilines is 1. The monoisotopic (exact) mass is 482 g/mol. The van der Waals surface area contributed by atoms with E-state index in [1.807, 2.05) is 36.4 Å². The van der Waals surface area contributed by atoms with E-state index in [1.165, 1.54) is 12.1 Å². The summed E-state index contributed by atoms with van der Waals surface area (Å²) < 4.78 is 4.92. The Morgan fingerprint density at radius 2 is 1.61 bits per heavy atom. The Morgan fingerprint density at radius 1 is 1.00 bits per heavy atom. The van der Waals surface area contributed by atoms with Gasteiger partial charge in [0.1, 0.15) is 6.29 Å². The lowest BCUT2D eigenvalue weighted by atomic mass is 9.48. The van der Waals surface area contributed by atoms with Gasteiger partial charge in [-0.2, -0.15) is 0 Å². The van der Waals surface area contributed by atoms with Gasteiger partial charge in [-0.1, -0.05) is 48.5 Å². The van der Waals surface area contributed by atoms with Gasteiger partial charge in [-0.15, -0.1) is 0 Å². The van der Waals surface area contributed by atoms with E-state index in [0.29, 0.717) is 11.1 Å².